The Labute approximate surface area is 116 Å². The fourth-order valence-electron chi connectivity index (χ4n) is 2.73. The zero-order chi connectivity index (χ0) is 14.0. The van der Waals surface area contributed by atoms with Crippen LogP contribution in [0.5, 0.6) is 0 Å². The van der Waals surface area contributed by atoms with Gasteiger partial charge in [-0.25, -0.2) is 0 Å². The molecule has 2 unspecified atom stereocenters. The van der Waals surface area contributed by atoms with Gasteiger partial charge in [0.2, 0.25) is 0 Å². The molecule has 0 amide bonds. The van der Waals surface area contributed by atoms with Gasteiger partial charge in [0.15, 0.2) is 0 Å². The summed E-state index contributed by atoms with van der Waals surface area (Å²) < 4.78 is 11.9. The third kappa shape index (κ3) is 2.93. The van der Waals surface area contributed by atoms with Gasteiger partial charge in [0.05, 0.1) is 18.3 Å². The van der Waals surface area contributed by atoms with Crippen molar-refractivity contribution in [3.8, 4) is 6.07 Å². The van der Waals surface area contributed by atoms with Gasteiger partial charge in [0.1, 0.15) is 0 Å². The molecule has 102 valence electrons. The maximum absolute atomic E-state index is 9.33. The largest absolute Gasteiger partial charge is 0.495 e. The summed E-state index contributed by atoms with van der Waals surface area (Å²) in [4.78, 5) is 0. The number of hydrogen-bond acceptors (Lipinski definition) is 3. The molecule has 19 heavy (non-hydrogen) atoms. The molecular weight excluding hydrogens is 237 g/mol. The van der Waals surface area contributed by atoms with Crippen LogP contribution in [0.2, 0.25) is 0 Å². The summed E-state index contributed by atoms with van der Waals surface area (Å²) in [6.07, 6.45) is 7.24. The average molecular weight is 259 g/mol. The molecule has 2 aliphatic rings. The van der Waals surface area contributed by atoms with Crippen LogP contribution in [-0.2, 0) is 9.31 Å². The van der Waals surface area contributed by atoms with Crippen molar-refractivity contribution in [1.82, 2.24) is 0 Å². The predicted octanol–water partition coefficient (Wildman–Crippen LogP) is 3.42. The monoisotopic (exact) mass is 259 g/mol. The van der Waals surface area contributed by atoms with E-state index in [0.29, 0.717) is 5.57 Å². The lowest BCUT2D eigenvalue weighted by atomic mass is 9.67. The molecule has 0 radical (unpaired) electrons. The maximum Gasteiger partial charge on any atom is 0.495 e. The third-order valence-electron chi connectivity index (χ3n) is 3.88. The van der Waals surface area contributed by atoms with Gasteiger partial charge in [0, 0.05) is 5.57 Å². The molecule has 1 saturated heterocycles. The van der Waals surface area contributed by atoms with Gasteiger partial charge >= 0.3 is 7.12 Å². The summed E-state index contributed by atoms with van der Waals surface area (Å²) in [7, 11) is -0.364. The Hall–Kier alpha value is -1.05. The van der Waals surface area contributed by atoms with E-state index in [1.807, 2.05) is 6.08 Å². The quantitative estimate of drug-likeness (QED) is 0.729. The van der Waals surface area contributed by atoms with Gasteiger partial charge in [-0.15, -0.1) is 0 Å². The summed E-state index contributed by atoms with van der Waals surface area (Å²) in [6.45, 7) is 8.49. The van der Waals surface area contributed by atoms with Crippen LogP contribution in [0, 0.1) is 16.7 Å². The molecule has 0 saturated carbocycles. The number of hydrogen-bond donors (Lipinski definition) is 0. The topological polar surface area (TPSA) is 42.2 Å². The predicted molar refractivity (Wildman–Crippen MR) is 76.3 cm³/mol. The van der Waals surface area contributed by atoms with Gasteiger partial charge in [-0.2, -0.15) is 5.26 Å². The Morgan fingerprint density at radius 3 is 2.37 bits per heavy atom. The van der Waals surface area contributed by atoms with E-state index >= 15 is 0 Å². The molecule has 0 bridgehead atoms. The molecule has 3 nitrogen and oxygen atoms in total. The van der Waals surface area contributed by atoms with E-state index in [0.717, 1.165) is 24.7 Å². The highest BCUT2D eigenvalue weighted by atomic mass is 16.7. The van der Waals surface area contributed by atoms with Gasteiger partial charge in [-0.1, -0.05) is 39.8 Å². The lowest BCUT2D eigenvalue weighted by molar-refractivity contribution is 0.148. The third-order valence-corrected chi connectivity index (χ3v) is 3.88. The molecular formula is C15H22BNO2. The fraction of sp³-hybridized carbons (Fsp3) is 0.667. The average Bonchev–Trinajstić information content (AvgIpc) is 2.80. The molecule has 1 heterocycles. The van der Waals surface area contributed by atoms with Crippen molar-refractivity contribution in [2.24, 2.45) is 5.41 Å². The molecule has 0 aromatic heterocycles. The van der Waals surface area contributed by atoms with Crippen molar-refractivity contribution in [2.45, 2.75) is 59.2 Å². The molecule has 0 aromatic carbocycles. The van der Waals surface area contributed by atoms with Crippen molar-refractivity contribution in [1.29, 1.82) is 5.26 Å². The van der Waals surface area contributed by atoms with Crippen LogP contribution in [0.1, 0.15) is 47.0 Å². The fourth-order valence-corrected chi connectivity index (χ4v) is 2.73. The van der Waals surface area contributed by atoms with Gasteiger partial charge in [-0.3, -0.25) is 0 Å². The molecule has 0 spiro atoms. The molecule has 4 heteroatoms. The van der Waals surface area contributed by atoms with Crippen LogP contribution in [0.25, 0.3) is 0 Å². The minimum absolute atomic E-state index is 0.0431. The minimum Gasteiger partial charge on any atom is -0.402 e. The molecule has 1 aliphatic carbocycles. The van der Waals surface area contributed by atoms with E-state index in [1.54, 1.807) is 0 Å². The van der Waals surface area contributed by atoms with Crippen LogP contribution in [0.15, 0.2) is 23.2 Å². The standard InChI is InChI=1S/C15H22BNO2/c1-5-13-14(6-2)19-16(18-13)12-7-8-15(3,4)9-11(12)10-17/h7,9,13-14H,5-6,8H2,1-4H3. The van der Waals surface area contributed by atoms with E-state index in [4.69, 9.17) is 9.31 Å². The SMILES string of the molecule is CCC1OB(C2=CCC(C)(C)C=C2C#N)OC1CC. The molecule has 1 aliphatic heterocycles. The Kier molecular flexibility index (Phi) is 4.18. The van der Waals surface area contributed by atoms with Gasteiger partial charge < -0.3 is 9.31 Å². The Morgan fingerprint density at radius 1 is 1.32 bits per heavy atom. The lowest BCUT2D eigenvalue weighted by Crippen LogP contribution is -2.25. The summed E-state index contributed by atoms with van der Waals surface area (Å²) in [6, 6.07) is 2.29. The number of nitriles is 1. The lowest BCUT2D eigenvalue weighted by Gasteiger charge is -2.25. The second-order valence-electron chi connectivity index (χ2n) is 6.02. The first-order valence-corrected chi connectivity index (χ1v) is 7.15. The minimum atomic E-state index is -0.364. The van der Waals surface area contributed by atoms with Crippen LogP contribution >= 0.6 is 0 Å². The van der Waals surface area contributed by atoms with E-state index < -0.39 is 0 Å². The van der Waals surface area contributed by atoms with Crippen molar-refractivity contribution < 1.29 is 9.31 Å². The van der Waals surface area contributed by atoms with Crippen LogP contribution in [-0.4, -0.2) is 19.3 Å². The summed E-state index contributed by atoms with van der Waals surface area (Å²) in [5, 5.41) is 9.33. The number of allylic oxidation sites excluding steroid dienone is 4. The summed E-state index contributed by atoms with van der Waals surface area (Å²) in [5.74, 6) is 0. The van der Waals surface area contributed by atoms with Crippen LogP contribution in [0.3, 0.4) is 0 Å². The zero-order valence-electron chi connectivity index (χ0n) is 12.3. The second kappa shape index (κ2) is 5.52. The number of rotatable bonds is 3. The summed E-state index contributed by atoms with van der Waals surface area (Å²) >= 11 is 0. The van der Waals surface area contributed by atoms with E-state index in [2.05, 4.69) is 39.8 Å². The molecule has 2 atom stereocenters. The van der Waals surface area contributed by atoms with Crippen molar-refractivity contribution >= 4 is 7.12 Å². The van der Waals surface area contributed by atoms with E-state index in [1.165, 1.54) is 0 Å². The van der Waals surface area contributed by atoms with Crippen LogP contribution in [0.4, 0.5) is 0 Å². The molecule has 2 rings (SSSR count). The van der Waals surface area contributed by atoms with E-state index in [9.17, 15) is 5.26 Å². The Balaban J connectivity index is 2.18. The molecule has 0 N–H and O–H groups in total. The highest BCUT2D eigenvalue weighted by molar-refractivity contribution is 6.56. The summed E-state index contributed by atoms with van der Waals surface area (Å²) in [5.41, 5.74) is 1.66. The smallest absolute Gasteiger partial charge is 0.402 e. The highest BCUT2D eigenvalue weighted by Gasteiger charge is 2.42. The zero-order valence-corrected chi connectivity index (χ0v) is 12.3. The second-order valence-corrected chi connectivity index (χ2v) is 6.02. The van der Waals surface area contributed by atoms with Gasteiger partial charge in [-0.05, 0) is 30.1 Å². The Bertz CT molecular complexity index is 436. The van der Waals surface area contributed by atoms with E-state index in [-0.39, 0.29) is 24.7 Å². The first-order valence-electron chi connectivity index (χ1n) is 7.15. The van der Waals surface area contributed by atoms with Crippen molar-refractivity contribution in [2.75, 3.05) is 0 Å². The first-order chi connectivity index (χ1) is 9.00. The van der Waals surface area contributed by atoms with Gasteiger partial charge in [0.25, 0.3) is 0 Å². The highest BCUT2D eigenvalue weighted by Crippen LogP contribution is 2.36. The Morgan fingerprint density at radius 2 is 1.89 bits per heavy atom. The normalized spacial score (nSPS) is 29.7. The van der Waals surface area contributed by atoms with Crippen molar-refractivity contribution in [3.63, 3.8) is 0 Å². The molecule has 1 fully saturated rings. The maximum atomic E-state index is 9.33. The number of nitrogens with zero attached hydrogens (tertiary/aromatic N) is 1. The van der Waals surface area contributed by atoms with Crippen LogP contribution < -0.4 is 0 Å². The van der Waals surface area contributed by atoms with Crippen molar-refractivity contribution in [3.05, 3.63) is 23.2 Å². The molecule has 0 aromatic rings. The first kappa shape index (κ1) is 14.4.